The monoisotopic (exact) mass is 378 g/mol. The molecule has 2 amide bonds. The minimum atomic E-state index is -0.532. The molecule has 0 bridgehead atoms. The highest BCUT2D eigenvalue weighted by Gasteiger charge is 2.18. The molecule has 0 spiro atoms. The zero-order valence-corrected chi connectivity index (χ0v) is 15.0. The summed E-state index contributed by atoms with van der Waals surface area (Å²) in [5, 5.41) is 3.10. The van der Waals surface area contributed by atoms with Gasteiger partial charge in [0.05, 0.1) is 18.6 Å². The second kappa shape index (κ2) is 7.66. The summed E-state index contributed by atoms with van der Waals surface area (Å²) in [5.74, 6) is -0.672. The molecule has 0 aliphatic carbocycles. The molecule has 142 valence electrons. The van der Waals surface area contributed by atoms with Crippen LogP contribution in [0, 0.1) is 0 Å². The predicted octanol–water partition coefficient (Wildman–Crippen LogP) is 2.52. The summed E-state index contributed by atoms with van der Waals surface area (Å²) >= 11 is 0. The highest BCUT2D eigenvalue weighted by Crippen LogP contribution is 2.16. The van der Waals surface area contributed by atoms with Crippen molar-refractivity contribution in [3.63, 3.8) is 0 Å². The third-order valence-electron chi connectivity index (χ3n) is 4.55. The largest absolute Gasteiger partial charge is 0.451 e. The highest BCUT2D eigenvalue weighted by atomic mass is 16.5. The van der Waals surface area contributed by atoms with E-state index in [0.29, 0.717) is 48.5 Å². The lowest BCUT2D eigenvalue weighted by atomic mass is 10.1. The maximum atomic E-state index is 12.4. The molecule has 7 nitrogen and oxygen atoms in total. The van der Waals surface area contributed by atoms with E-state index in [1.54, 1.807) is 53.4 Å². The number of amides is 2. The lowest BCUT2D eigenvalue weighted by Gasteiger charge is -2.26. The second-order valence-corrected chi connectivity index (χ2v) is 6.41. The molecule has 0 atom stereocenters. The molecule has 7 heteroatoms. The number of hydrogen-bond donors (Lipinski definition) is 1. The Kier molecular flexibility index (Phi) is 4.90. The Labute approximate surface area is 160 Å². The predicted molar refractivity (Wildman–Crippen MR) is 104 cm³/mol. The molecular weight excluding hydrogens is 360 g/mol. The van der Waals surface area contributed by atoms with Crippen molar-refractivity contribution in [3.05, 3.63) is 76.1 Å². The van der Waals surface area contributed by atoms with E-state index in [9.17, 15) is 14.4 Å². The topological polar surface area (TPSA) is 88.9 Å². The summed E-state index contributed by atoms with van der Waals surface area (Å²) in [6.45, 7) is 2.21. The van der Waals surface area contributed by atoms with Gasteiger partial charge in [0.1, 0.15) is 5.58 Å². The Balaban J connectivity index is 1.49. The van der Waals surface area contributed by atoms with Crippen LogP contribution in [-0.4, -0.2) is 43.0 Å². The Morgan fingerprint density at radius 3 is 2.43 bits per heavy atom. The van der Waals surface area contributed by atoms with Gasteiger partial charge in [-0.25, -0.2) is 0 Å². The van der Waals surface area contributed by atoms with Gasteiger partial charge in [0.2, 0.25) is 0 Å². The van der Waals surface area contributed by atoms with Crippen LogP contribution in [0.4, 0.5) is 5.69 Å². The molecular formula is C21H18N2O5. The fourth-order valence-electron chi connectivity index (χ4n) is 3.05. The van der Waals surface area contributed by atoms with E-state index in [-0.39, 0.29) is 17.1 Å². The van der Waals surface area contributed by atoms with Crippen molar-refractivity contribution in [3.8, 4) is 0 Å². The summed E-state index contributed by atoms with van der Waals surface area (Å²) in [4.78, 5) is 38.8. The number of anilines is 1. The molecule has 2 aromatic carbocycles. The molecule has 1 aliphatic heterocycles. The van der Waals surface area contributed by atoms with Crippen LogP contribution in [0.5, 0.6) is 0 Å². The van der Waals surface area contributed by atoms with Crippen molar-refractivity contribution < 1.29 is 18.7 Å². The molecule has 0 unspecified atom stereocenters. The third-order valence-corrected chi connectivity index (χ3v) is 4.55. The Morgan fingerprint density at radius 2 is 1.68 bits per heavy atom. The van der Waals surface area contributed by atoms with Crippen LogP contribution in [0.3, 0.4) is 0 Å². The number of nitrogens with one attached hydrogen (secondary N) is 1. The lowest BCUT2D eigenvalue weighted by molar-refractivity contribution is 0.0303. The molecule has 1 saturated heterocycles. The Hall–Kier alpha value is -3.45. The molecule has 28 heavy (non-hydrogen) atoms. The average molecular weight is 378 g/mol. The van der Waals surface area contributed by atoms with Crippen LogP contribution in [0.2, 0.25) is 0 Å². The normalized spacial score (nSPS) is 14.1. The van der Waals surface area contributed by atoms with E-state index in [1.807, 2.05) is 0 Å². The first-order valence-electron chi connectivity index (χ1n) is 8.93. The van der Waals surface area contributed by atoms with Crippen molar-refractivity contribution in [1.82, 2.24) is 4.90 Å². The summed E-state index contributed by atoms with van der Waals surface area (Å²) in [7, 11) is 0. The van der Waals surface area contributed by atoms with E-state index < -0.39 is 5.91 Å². The minimum absolute atomic E-state index is 0.0679. The van der Waals surface area contributed by atoms with Crippen molar-refractivity contribution in [2.24, 2.45) is 0 Å². The number of para-hydroxylation sites is 1. The zero-order chi connectivity index (χ0) is 19.5. The van der Waals surface area contributed by atoms with Crippen LogP contribution in [-0.2, 0) is 4.74 Å². The van der Waals surface area contributed by atoms with Gasteiger partial charge in [0.15, 0.2) is 11.2 Å². The SMILES string of the molecule is O=C(Nc1ccc(C(=O)N2CCOCC2)cc1)c1cc(=O)c2ccccc2o1. The molecule has 2 heterocycles. The van der Waals surface area contributed by atoms with Gasteiger partial charge in [-0.1, -0.05) is 12.1 Å². The zero-order valence-electron chi connectivity index (χ0n) is 15.0. The van der Waals surface area contributed by atoms with E-state index >= 15 is 0 Å². The average Bonchev–Trinajstić information content (AvgIpc) is 2.74. The number of morpholine rings is 1. The van der Waals surface area contributed by atoms with Gasteiger partial charge in [-0.2, -0.15) is 0 Å². The minimum Gasteiger partial charge on any atom is -0.451 e. The van der Waals surface area contributed by atoms with Gasteiger partial charge < -0.3 is 19.4 Å². The summed E-state index contributed by atoms with van der Waals surface area (Å²) in [6, 6.07) is 14.5. The van der Waals surface area contributed by atoms with Gasteiger partial charge in [-0.3, -0.25) is 14.4 Å². The van der Waals surface area contributed by atoms with Gasteiger partial charge in [-0.15, -0.1) is 0 Å². The van der Waals surface area contributed by atoms with E-state index in [0.717, 1.165) is 0 Å². The van der Waals surface area contributed by atoms with Crippen LogP contribution in [0.1, 0.15) is 20.9 Å². The fourth-order valence-corrected chi connectivity index (χ4v) is 3.05. The number of benzene rings is 2. The highest BCUT2D eigenvalue weighted by molar-refractivity contribution is 6.03. The van der Waals surface area contributed by atoms with Crippen LogP contribution < -0.4 is 10.7 Å². The maximum Gasteiger partial charge on any atom is 0.291 e. The number of carbonyl (C=O) groups excluding carboxylic acids is 2. The summed E-state index contributed by atoms with van der Waals surface area (Å²) in [6.07, 6.45) is 0. The molecule has 3 aromatic rings. The third kappa shape index (κ3) is 3.65. The van der Waals surface area contributed by atoms with Gasteiger partial charge >= 0.3 is 0 Å². The van der Waals surface area contributed by atoms with Crippen molar-refractivity contribution in [2.75, 3.05) is 31.6 Å². The second-order valence-electron chi connectivity index (χ2n) is 6.41. The molecule has 0 radical (unpaired) electrons. The number of fused-ring (bicyclic) bond motifs is 1. The number of hydrogen-bond acceptors (Lipinski definition) is 5. The van der Waals surface area contributed by atoms with Crippen molar-refractivity contribution >= 4 is 28.5 Å². The number of rotatable bonds is 3. The van der Waals surface area contributed by atoms with Gasteiger partial charge in [0.25, 0.3) is 11.8 Å². The first-order chi connectivity index (χ1) is 13.6. The maximum absolute atomic E-state index is 12.4. The Bertz CT molecular complexity index is 1080. The lowest BCUT2D eigenvalue weighted by Crippen LogP contribution is -2.40. The number of carbonyl (C=O) groups is 2. The fraction of sp³-hybridized carbons (Fsp3) is 0.190. The standard InChI is InChI=1S/C21H18N2O5/c24-17-13-19(28-18-4-2-1-3-16(17)18)20(25)22-15-7-5-14(6-8-15)21(26)23-9-11-27-12-10-23/h1-8,13H,9-12H2,(H,22,25). The van der Waals surface area contributed by atoms with Crippen LogP contribution in [0.25, 0.3) is 11.0 Å². The molecule has 4 rings (SSSR count). The van der Waals surface area contributed by atoms with E-state index in [1.165, 1.54) is 6.07 Å². The quantitative estimate of drug-likeness (QED) is 0.757. The van der Waals surface area contributed by atoms with Gasteiger partial charge in [0, 0.05) is 30.4 Å². The molecule has 1 aliphatic rings. The number of nitrogens with zero attached hydrogens (tertiary/aromatic N) is 1. The van der Waals surface area contributed by atoms with Crippen molar-refractivity contribution in [1.29, 1.82) is 0 Å². The molecule has 0 saturated carbocycles. The molecule has 1 fully saturated rings. The van der Waals surface area contributed by atoms with Crippen molar-refractivity contribution in [2.45, 2.75) is 0 Å². The molecule has 1 N–H and O–H groups in total. The van der Waals surface area contributed by atoms with E-state index in [2.05, 4.69) is 5.32 Å². The first-order valence-corrected chi connectivity index (χ1v) is 8.93. The molecule has 1 aromatic heterocycles. The first kappa shape index (κ1) is 17.9. The number of ether oxygens (including phenoxy) is 1. The van der Waals surface area contributed by atoms with Gasteiger partial charge in [-0.05, 0) is 36.4 Å². The summed E-state index contributed by atoms with van der Waals surface area (Å²) < 4.78 is 10.8. The smallest absolute Gasteiger partial charge is 0.291 e. The summed E-state index contributed by atoms with van der Waals surface area (Å²) in [5.41, 5.74) is 1.11. The van der Waals surface area contributed by atoms with Crippen LogP contribution in [0.15, 0.2) is 63.8 Å². The Morgan fingerprint density at radius 1 is 0.964 bits per heavy atom. The van der Waals surface area contributed by atoms with Crippen LogP contribution >= 0.6 is 0 Å². The van der Waals surface area contributed by atoms with E-state index in [4.69, 9.17) is 9.15 Å².